The molecule has 1 heterocycles. The number of benzene rings is 1. The van der Waals surface area contributed by atoms with Crippen LogP contribution in [0.5, 0.6) is 5.75 Å². The van der Waals surface area contributed by atoms with Crippen LogP contribution >= 0.6 is 15.9 Å². The van der Waals surface area contributed by atoms with Crippen molar-refractivity contribution in [3.05, 3.63) is 52.1 Å². The number of hydrogen-bond donors (Lipinski definition) is 1. The van der Waals surface area contributed by atoms with E-state index in [9.17, 15) is 4.39 Å². The second kappa shape index (κ2) is 7.45. The zero-order valence-electron chi connectivity index (χ0n) is 11.3. The maximum atomic E-state index is 13.2. The second-order valence-corrected chi connectivity index (χ2v) is 5.26. The van der Waals surface area contributed by atoms with Gasteiger partial charge in [0.25, 0.3) is 0 Å². The molecule has 2 aromatic rings. The average molecular weight is 342 g/mol. The smallest absolute Gasteiger partial charge is 0.146 e. The summed E-state index contributed by atoms with van der Waals surface area (Å²) in [6, 6.07) is 6.27. The van der Waals surface area contributed by atoms with E-state index in [0.717, 1.165) is 35.3 Å². The Morgan fingerprint density at radius 1 is 1.35 bits per heavy atom. The first kappa shape index (κ1) is 15.1. The van der Waals surface area contributed by atoms with E-state index >= 15 is 0 Å². The van der Waals surface area contributed by atoms with Gasteiger partial charge in [-0.2, -0.15) is 0 Å². The normalized spacial score (nSPS) is 10.8. The Morgan fingerprint density at radius 3 is 3.00 bits per heavy atom. The van der Waals surface area contributed by atoms with Gasteiger partial charge in [0.1, 0.15) is 23.9 Å². The molecule has 0 fully saturated rings. The summed E-state index contributed by atoms with van der Waals surface area (Å²) in [6.07, 6.45) is 2.72. The standard InChI is InChI=1S/C15H17BrFNO2/c1-2-6-18-9-11-5-7-19-15(11)10-20-14-8-12(17)3-4-13(14)16/h3-5,7-8,18H,2,6,9-10H2,1H3. The Morgan fingerprint density at radius 2 is 2.20 bits per heavy atom. The summed E-state index contributed by atoms with van der Waals surface area (Å²) < 4.78 is 24.9. The predicted octanol–water partition coefficient (Wildman–Crippen LogP) is 4.26. The molecular formula is C15H17BrFNO2. The fraction of sp³-hybridized carbons (Fsp3) is 0.333. The van der Waals surface area contributed by atoms with E-state index in [2.05, 4.69) is 28.2 Å². The van der Waals surface area contributed by atoms with Crippen LogP contribution in [0.1, 0.15) is 24.7 Å². The van der Waals surface area contributed by atoms with Crippen LogP contribution < -0.4 is 10.1 Å². The molecule has 0 unspecified atom stereocenters. The highest BCUT2D eigenvalue weighted by Gasteiger charge is 2.09. The largest absolute Gasteiger partial charge is 0.484 e. The van der Waals surface area contributed by atoms with E-state index in [4.69, 9.17) is 9.15 Å². The Bertz CT molecular complexity index is 557. The fourth-order valence-electron chi connectivity index (χ4n) is 1.78. The maximum Gasteiger partial charge on any atom is 0.146 e. The van der Waals surface area contributed by atoms with Crippen LogP contribution in [0.2, 0.25) is 0 Å². The van der Waals surface area contributed by atoms with Gasteiger partial charge in [0.05, 0.1) is 10.7 Å². The van der Waals surface area contributed by atoms with E-state index < -0.39 is 0 Å². The minimum atomic E-state index is -0.326. The Labute approximate surface area is 126 Å². The van der Waals surface area contributed by atoms with Gasteiger partial charge in [-0.05, 0) is 47.1 Å². The number of ether oxygens (including phenoxy) is 1. The molecular weight excluding hydrogens is 325 g/mol. The van der Waals surface area contributed by atoms with Crippen molar-refractivity contribution in [3.63, 3.8) is 0 Å². The lowest BCUT2D eigenvalue weighted by atomic mass is 10.2. The molecule has 0 atom stereocenters. The van der Waals surface area contributed by atoms with Crippen molar-refractivity contribution < 1.29 is 13.5 Å². The Hall–Kier alpha value is -1.33. The molecule has 0 aliphatic carbocycles. The van der Waals surface area contributed by atoms with Crippen LogP contribution in [0.3, 0.4) is 0 Å². The quantitative estimate of drug-likeness (QED) is 0.764. The van der Waals surface area contributed by atoms with Gasteiger partial charge in [-0.3, -0.25) is 0 Å². The molecule has 1 aromatic heterocycles. The first-order valence-electron chi connectivity index (χ1n) is 6.54. The van der Waals surface area contributed by atoms with Gasteiger partial charge >= 0.3 is 0 Å². The van der Waals surface area contributed by atoms with E-state index in [1.807, 2.05) is 6.07 Å². The molecule has 0 aliphatic rings. The van der Waals surface area contributed by atoms with Gasteiger partial charge < -0.3 is 14.5 Å². The van der Waals surface area contributed by atoms with E-state index in [0.29, 0.717) is 5.75 Å². The molecule has 0 saturated heterocycles. The third-order valence-electron chi connectivity index (χ3n) is 2.83. The highest BCUT2D eigenvalue weighted by atomic mass is 79.9. The van der Waals surface area contributed by atoms with Gasteiger partial charge in [0.2, 0.25) is 0 Å². The molecule has 0 aliphatic heterocycles. The van der Waals surface area contributed by atoms with Crippen LogP contribution in [-0.2, 0) is 13.2 Å². The van der Waals surface area contributed by atoms with Crippen LogP contribution in [0.15, 0.2) is 39.4 Å². The average Bonchev–Trinajstić information content (AvgIpc) is 2.88. The monoisotopic (exact) mass is 341 g/mol. The topological polar surface area (TPSA) is 34.4 Å². The zero-order chi connectivity index (χ0) is 14.4. The first-order chi connectivity index (χ1) is 9.70. The number of rotatable bonds is 7. The van der Waals surface area contributed by atoms with Gasteiger partial charge in [-0.15, -0.1) is 0 Å². The van der Waals surface area contributed by atoms with Crippen molar-refractivity contribution in [1.29, 1.82) is 0 Å². The summed E-state index contributed by atoms with van der Waals surface area (Å²) >= 11 is 3.33. The van der Waals surface area contributed by atoms with Crippen LogP contribution in [-0.4, -0.2) is 6.54 Å². The lowest BCUT2D eigenvalue weighted by molar-refractivity contribution is 0.265. The van der Waals surface area contributed by atoms with Gasteiger partial charge in [-0.25, -0.2) is 4.39 Å². The molecule has 5 heteroatoms. The minimum Gasteiger partial charge on any atom is -0.484 e. The molecule has 0 amide bonds. The van der Waals surface area contributed by atoms with Crippen molar-refractivity contribution in [2.45, 2.75) is 26.5 Å². The van der Waals surface area contributed by atoms with Crippen molar-refractivity contribution in [1.82, 2.24) is 5.32 Å². The van der Waals surface area contributed by atoms with E-state index in [1.54, 1.807) is 12.3 Å². The van der Waals surface area contributed by atoms with Crippen LogP contribution in [0.4, 0.5) is 4.39 Å². The van der Waals surface area contributed by atoms with Crippen molar-refractivity contribution >= 4 is 15.9 Å². The Balaban J connectivity index is 1.97. The summed E-state index contributed by atoms with van der Waals surface area (Å²) in [5.41, 5.74) is 1.06. The van der Waals surface area contributed by atoms with Crippen LogP contribution in [0, 0.1) is 5.82 Å². The SMILES string of the molecule is CCCNCc1ccoc1COc1cc(F)ccc1Br. The Kier molecular flexibility index (Phi) is 5.61. The number of furan rings is 1. The number of halogens is 2. The van der Waals surface area contributed by atoms with Crippen molar-refractivity contribution in [2.24, 2.45) is 0 Å². The minimum absolute atomic E-state index is 0.276. The lowest BCUT2D eigenvalue weighted by Gasteiger charge is -2.08. The molecule has 0 radical (unpaired) electrons. The van der Waals surface area contributed by atoms with Gasteiger partial charge in [0, 0.05) is 18.2 Å². The molecule has 20 heavy (non-hydrogen) atoms. The first-order valence-corrected chi connectivity index (χ1v) is 7.33. The highest BCUT2D eigenvalue weighted by molar-refractivity contribution is 9.10. The third-order valence-corrected chi connectivity index (χ3v) is 3.49. The van der Waals surface area contributed by atoms with E-state index in [1.165, 1.54) is 12.1 Å². The summed E-state index contributed by atoms with van der Waals surface area (Å²) in [4.78, 5) is 0. The number of nitrogens with one attached hydrogen (secondary N) is 1. The second-order valence-electron chi connectivity index (χ2n) is 4.41. The highest BCUT2D eigenvalue weighted by Crippen LogP contribution is 2.26. The molecule has 108 valence electrons. The maximum absolute atomic E-state index is 13.2. The van der Waals surface area contributed by atoms with E-state index in [-0.39, 0.29) is 12.4 Å². The zero-order valence-corrected chi connectivity index (χ0v) is 12.9. The summed E-state index contributed by atoms with van der Waals surface area (Å²) in [6.45, 7) is 4.10. The molecule has 1 N–H and O–H groups in total. The molecule has 2 rings (SSSR count). The fourth-order valence-corrected chi connectivity index (χ4v) is 2.14. The van der Waals surface area contributed by atoms with Crippen molar-refractivity contribution in [3.8, 4) is 5.75 Å². The molecule has 3 nitrogen and oxygen atoms in total. The summed E-state index contributed by atoms with van der Waals surface area (Å²) in [5.74, 6) is 0.895. The molecule has 0 spiro atoms. The predicted molar refractivity (Wildman–Crippen MR) is 79.1 cm³/mol. The van der Waals surface area contributed by atoms with Gasteiger partial charge in [-0.1, -0.05) is 6.92 Å². The summed E-state index contributed by atoms with van der Waals surface area (Å²) in [7, 11) is 0. The molecule has 1 aromatic carbocycles. The number of hydrogen-bond acceptors (Lipinski definition) is 3. The van der Waals surface area contributed by atoms with Crippen molar-refractivity contribution in [2.75, 3.05) is 6.54 Å². The lowest BCUT2D eigenvalue weighted by Crippen LogP contribution is -2.14. The molecule has 0 saturated carbocycles. The van der Waals surface area contributed by atoms with Gasteiger partial charge in [0.15, 0.2) is 0 Å². The van der Waals surface area contributed by atoms with Crippen LogP contribution in [0.25, 0.3) is 0 Å². The third kappa shape index (κ3) is 4.08. The summed E-state index contributed by atoms with van der Waals surface area (Å²) in [5, 5.41) is 3.31. The molecule has 0 bridgehead atoms.